The number of halogens is 2. The molecule has 1 heterocycles. The predicted molar refractivity (Wildman–Crippen MR) is 91.7 cm³/mol. The largest absolute Gasteiger partial charge is 0.374 e. The first kappa shape index (κ1) is 19.1. The van der Waals surface area contributed by atoms with Crippen molar-refractivity contribution in [1.82, 2.24) is 10.2 Å². The van der Waals surface area contributed by atoms with Crippen LogP contribution in [-0.2, 0) is 4.74 Å². The molecule has 0 saturated carbocycles. The predicted octanol–water partition coefficient (Wildman–Crippen LogP) is 3.09. The molecule has 4 nitrogen and oxygen atoms in total. The fourth-order valence-corrected chi connectivity index (χ4v) is 3.18. The summed E-state index contributed by atoms with van der Waals surface area (Å²) in [5, 5.41) is 2.86. The highest BCUT2D eigenvalue weighted by molar-refractivity contribution is 7.99. The molecule has 1 unspecified atom stereocenters. The van der Waals surface area contributed by atoms with Crippen molar-refractivity contribution < 1.29 is 18.3 Å². The van der Waals surface area contributed by atoms with E-state index in [9.17, 15) is 13.6 Å². The lowest BCUT2D eigenvalue weighted by molar-refractivity contribution is -0.0295. The maximum atomic E-state index is 12.3. The molecule has 1 aromatic rings. The molecule has 0 aliphatic carbocycles. The lowest BCUT2D eigenvalue weighted by Gasteiger charge is -2.33. The van der Waals surface area contributed by atoms with Crippen molar-refractivity contribution in [2.75, 3.05) is 32.8 Å². The summed E-state index contributed by atoms with van der Waals surface area (Å²) in [4.78, 5) is 14.9. The van der Waals surface area contributed by atoms with Gasteiger partial charge in [0, 0.05) is 36.6 Å². The van der Waals surface area contributed by atoms with Gasteiger partial charge in [-0.3, -0.25) is 9.69 Å². The van der Waals surface area contributed by atoms with Crippen molar-refractivity contribution in [3.8, 4) is 0 Å². The average molecular weight is 358 g/mol. The number of ether oxygens (including phenoxy) is 1. The average Bonchev–Trinajstić information content (AvgIpc) is 2.52. The van der Waals surface area contributed by atoms with Crippen molar-refractivity contribution in [2.45, 2.75) is 30.6 Å². The second-order valence-corrected chi connectivity index (χ2v) is 7.32. The third kappa shape index (κ3) is 6.37. The molecule has 0 radical (unpaired) electrons. The number of benzene rings is 1. The number of nitrogens with zero attached hydrogens (tertiary/aromatic N) is 1. The monoisotopic (exact) mass is 358 g/mol. The molecular weight excluding hydrogens is 334 g/mol. The first-order valence-corrected chi connectivity index (χ1v) is 8.99. The van der Waals surface area contributed by atoms with Gasteiger partial charge < -0.3 is 10.1 Å². The molecular formula is C17H24F2N2O2S. The van der Waals surface area contributed by atoms with Gasteiger partial charge in [-0.15, -0.1) is 0 Å². The fraction of sp³-hybridized carbons (Fsp3) is 0.588. The van der Waals surface area contributed by atoms with Crippen LogP contribution in [-0.4, -0.2) is 55.5 Å². The van der Waals surface area contributed by atoms with Crippen molar-refractivity contribution in [2.24, 2.45) is 5.92 Å². The number of nitrogens with one attached hydrogen (secondary N) is 1. The van der Waals surface area contributed by atoms with Crippen molar-refractivity contribution in [3.05, 3.63) is 29.8 Å². The summed E-state index contributed by atoms with van der Waals surface area (Å²) in [5.41, 5.74) is 0.462. The molecule has 0 spiro atoms. The van der Waals surface area contributed by atoms with Crippen molar-refractivity contribution in [1.29, 1.82) is 0 Å². The Morgan fingerprint density at radius 3 is 2.71 bits per heavy atom. The minimum atomic E-state index is -2.46. The third-order valence-electron chi connectivity index (χ3n) is 3.68. The molecule has 24 heavy (non-hydrogen) atoms. The molecule has 7 heteroatoms. The summed E-state index contributed by atoms with van der Waals surface area (Å²) in [6, 6.07) is 6.19. The van der Waals surface area contributed by atoms with Gasteiger partial charge in [-0.2, -0.15) is 8.78 Å². The van der Waals surface area contributed by atoms with Crippen LogP contribution in [0.3, 0.4) is 0 Å². The van der Waals surface area contributed by atoms with E-state index in [1.165, 1.54) is 12.1 Å². The van der Waals surface area contributed by atoms with Gasteiger partial charge in [-0.25, -0.2) is 0 Å². The molecule has 1 atom stereocenters. The maximum Gasteiger partial charge on any atom is 0.288 e. The molecule has 0 bridgehead atoms. The Labute approximate surface area is 145 Å². The number of rotatable bonds is 7. The summed E-state index contributed by atoms with van der Waals surface area (Å²) in [6.07, 6.45) is -0.0184. The molecule has 1 N–H and O–H groups in total. The van der Waals surface area contributed by atoms with Crippen LogP contribution in [0.15, 0.2) is 29.2 Å². The lowest BCUT2D eigenvalue weighted by atomic mass is 10.1. The van der Waals surface area contributed by atoms with Crippen LogP contribution in [0.25, 0.3) is 0 Å². The first-order valence-electron chi connectivity index (χ1n) is 8.11. The van der Waals surface area contributed by atoms with Crippen LogP contribution < -0.4 is 5.32 Å². The zero-order valence-electron chi connectivity index (χ0n) is 14.0. The summed E-state index contributed by atoms with van der Waals surface area (Å²) in [5.74, 6) is -2.07. The zero-order valence-corrected chi connectivity index (χ0v) is 14.8. The lowest BCUT2D eigenvalue weighted by Crippen LogP contribution is -2.48. The minimum absolute atomic E-state index is 0.0184. The number of hydrogen-bond donors (Lipinski definition) is 1. The standard InChI is InChI=1S/C17H24F2N2O2S/c1-12(2)10-21-7-8-23-14(11-21)9-20-16(22)13-3-5-15(6-4-13)24-17(18)19/h3-6,12,14,17H,7-11H2,1-2H3,(H,20,22). The van der Waals surface area contributed by atoms with Crippen molar-refractivity contribution in [3.63, 3.8) is 0 Å². The van der Waals surface area contributed by atoms with Gasteiger partial charge in [-0.05, 0) is 30.2 Å². The van der Waals surface area contributed by atoms with Crippen LogP contribution in [0.5, 0.6) is 0 Å². The normalized spacial score (nSPS) is 19.0. The highest BCUT2D eigenvalue weighted by Gasteiger charge is 2.21. The Bertz CT molecular complexity index is 526. The topological polar surface area (TPSA) is 41.6 Å². The molecule has 0 aromatic heterocycles. The van der Waals surface area contributed by atoms with Crippen LogP contribution >= 0.6 is 11.8 Å². The summed E-state index contributed by atoms with van der Waals surface area (Å²) in [7, 11) is 0. The number of morpholine rings is 1. The molecule has 1 aliphatic rings. The quantitative estimate of drug-likeness (QED) is 0.761. The molecule has 1 saturated heterocycles. The van der Waals surface area contributed by atoms with E-state index in [2.05, 4.69) is 24.1 Å². The Balaban J connectivity index is 1.80. The fourth-order valence-electron chi connectivity index (χ4n) is 2.68. The smallest absolute Gasteiger partial charge is 0.288 e. The van der Waals surface area contributed by atoms with E-state index < -0.39 is 5.76 Å². The number of hydrogen-bond acceptors (Lipinski definition) is 4. The molecule has 2 rings (SSSR count). The van der Waals surface area contributed by atoms with Crippen molar-refractivity contribution >= 4 is 17.7 Å². The molecule has 1 aromatic carbocycles. The second-order valence-electron chi connectivity index (χ2n) is 6.26. The molecule has 1 amide bonds. The van der Waals surface area contributed by atoms with Crippen LogP contribution in [0.4, 0.5) is 8.78 Å². The number of carbonyl (C=O) groups excluding carboxylic acids is 1. The molecule has 1 aliphatic heterocycles. The second kappa shape index (κ2) is 9.34. The van der Waals surface area contributed by atoms with Gasteiger partial charge >= 0.3 is 0 Å². The highest BCUT2D eigenvalue weighted by atomic mass is 32.2. The van der Waals surface area contributed by atoms with Crippen LogP contribution in [0.1, 0.15) is 24.2 Å². The van der Waals surface area contributed by atoms with Gasteiger partial charge in [0.05, 0.1) is 12.7 Å². The number of amides is 1. The Hall–Kier alpha value is -1.18. The number of alkyl halides is 2. The summed E-state index contributed by atoms with van der Waals surface area (Å²) < 4.78 is 30.3. The van der Waals surface area contributed by atoms with E-state index in [0.29, 0.717) is 41.3 Å². The van der Waals surface area contributed by atoms with E-state index >= 15 is 0 Å². The number of carbonyl (C=O) groups is 1. The van der Waals surface area contributed by atoms with Gasteiger partial charge in [0.25, 0.3) is 11.7 Å². The SMILES string of the molecule is CC(C)CN1CCOC(CNC(=O)c2ccc(SC(F)F)cc2)C1. The Morgan fingerprint density at radius 2 is 2.08 bits per heavy atom. The Kier molecular flexibility index (Phi) is 7.45. The highest BCUT2D eigenvalue weighted by Crippen LogP contribution is 2.25. The number of thioether (sulfide) groups is 1. The van der Waals surface area contributed by atoms with Gasteiger partial charge in [0.1, 0.15) is 0 Å². The first-order chi connectivity index (χ1) is 11.4. The van der Waals surface area contributed by atoms with Gasteiger partial charge in [0.15, 0.2) is 0 Å². The molecule has 134 valence electrons. The van der Waals surface area contributed by atoms with E-state index in [1.54, 1.807) is 12.1 Å². The minimum Gasteiger partial charge on any atom is -0.374 e. The summed E-state index contributed by atoms with van der Waals surface area (Å²) in [6.45, 7) is 8.24. The summed E-state index contributed by atoms with van der Waals surface area (Å²) >= 11 is 0.469. The Morgan fingerprint density at radius 1 is 1.38 bits per heavy atom. The van der Waals surface area contributed by atoms with E-state index in [4.69, 9.17) is 4.74 Å². The van der Waals surface area contributed by atoms with Crippen LogP contribution in [0.2, 0.25) is 0 Å². The van der Waals surface area contributed by atoms with Crippen LogP contribution in [0, 0.1) is 5.92 Å². The van der Waals surface area contributed by atoms with E-state index in [-0.39, 0.29) is 12.0 Å². The zero-order chi connectivity index (χ0) is 17.5. The van der Waals surface area contributed by atoms with E-state index in [0.717, 1.165) is 19.6 Å². The third-order valence-corrected chi connectivity index (χ3v) is 4.40. The molecule has 1 fully saturated rings. The maximum absolute atomic E-state index is 12.3. The van der Waals surface area contributed by atoms with Gasteiger partial charge in [-0.1, -0.05) is 25.6 Å². The van der Waals surface area contributed by atoms with Gasteiger partial charge in [0.2, 0.25) is 0 Å². The van der Waals surface area contributed by atoms with E-state index in [1.807, 2.05) is 0 Å².